The highest BCUT2D eigenvalue weighted by molar-refractivity contribution is 5.32. The molecular weight excluding hydrogens is 219 g/mol. The number of halogens is 1. The van der Waals surface area contributed by atoms with Crippen LogP contribution in [0.4, 0.5) is 4.39 Å². The molecule has 0 saturated carbocycles. The lowest BCUT2D eigenvalue weighted by atomic mass is 10.1. The van der Waals surface area contributed by atoms with Crippen LogP contribution in [-0.2, 0) is 0 Å². The Morgan fingerprint density at radius 1 is 1.29 bits per heavy atom. The van der Waals surface area contributed by atoms with Crippen molar-refractivity contribution in [3.8, 4) is 11.5 Å². The summed E-state index contributed by atoms with van der Waals surface area (Å²) in [5.74, 6) is -0.373. The van der Waals surface area contributed by atoms with E-state index in [9.17, 15) is 4.39 Å². The molecule has 96 valence electrons. The van der Waals surface area contributed by atoms with Crippen LogP contribution in [0.25, 0.3) is 0 Å². The molecule has 0 heterocycles. The molecule has 1 aromatic carbocycles. The van der Waals surface area contributed by atoms with Crippen molar-refractivity contribution < 1.29 is 14.2 Å². The van der Waals surface area contributed by atoms with E-state index < -0.39 is 5.82 Å². The summed E-state index contributed by atoms with van der Waals surface area (Å²) in [6.45, 7) is 4.12. The summed E-state index contributed by atoms with van der Waals surface area (Å²) in [6.07, 6.45) is 5.69. The van der Waals surface area contributed by atoms with E-state index >= 15 is 0 Å². The molecule has 0 radical (unpaired) electrons. The standard InChI is InChI=1S/C14H21FO2/c1-3-4-5-6-7-11(2)17-14-9-8-12(16)10-13(14)15/h8-11,16H,3-7H2,1-2H3/t11-/m1/s1. The zero-order valence-electron chi connectivity index (χ0n) is 10.6. The number of hydrogen-bond donors (Lipinski definition) is 1. The number of aromatic hydroxyl groups is 1. The Morgan fingerprint density at radius 3 is 2.71 bits per heavy atom. The first-order valence-corrected chi connectivity index (χ1v) is 6.28. The molecule has 1 atom stereocenters. The fraction of sp³-hybridized carbons (Fsp3) is 0.571. The van der Waals surface area contributed by atoms with Crippen LogP contribution >= 0.6 is 0 Å². The van der Waals surface area contributed by atoms with E-state index in [1.54, 1.807) is 0 Å². The van der Waals surface area contributed by atoms with Crippen molar-refractivity contribution >= 4 is 0 Å². The molecule has 0 fully saturated rings. The van der Waals surface area contributed by atoms with Crippen molar-refractivity contribution in [3.63, 3.8) is 0 Å². The number of unbranched alkanes of at least 4 members (excludes halogenated alkanes) is 3. The van der Waals surface area contributed by atoms with Gasteiger partial charge in [-0.25, -0.2) is 4.39 Å². The van der Waals surface area contributed by atoms with Gasteiger partial charge in [0.25, 0.3) is 0 Å². The number of hydrogen-bond acceptors (Lipinski definition) is 2. The maximum Gasteiger partial charge on any atom is 0.168 e. The van der Waals surface area contributed by atoms with E-state index in [-0.39, 0.29) is 17.6 Å². The van der Waals surface area contributed by atoms with Crippen molar-refractivity contribution in [2.45, 2.75) is 52.1 Å². The highest BCUT2D eigenvalue weighted by atomic mass is 19.1. The average molecular weight is 240 g/mol. The molecule has 1 N–H and O–H groups in total. The number of rotatable bonds is 7. The highest BCUT2D eigenvalue weighted by Crippen LogP contribution is 2.23. The second-order valence-corrected chi connectivity index (χ2v) is 4.39. The minimum Gasteiger partial charge on any atom is -0.508 e. The molecule has 0 bridgehead atoms. The first-order valence-electron chi connectivity index (χ1n) is 6.28. The van der Waals surface area contributed by atoms with Crippen LogP contribution < -0.4 is 4.74 Å². The molecule has 0 unspecified atom stereocenters. The molecule has 2 nitrogen and oxygen atoms in total. The third kappa shape index (κ3) is 5.07. The smallest absolute Gasteiger partial charge is 0.168 e. The van der Waals surface area contributed by atoms with Gasteiger partial charge in [-0.3, -0.25) is 0 Å². The van der Waals surface area contributed by atoms with Gasteiger partial charge in [0, 0.05) is 6.07 Å². The molecule has 0 aliphatic rings. The van der Waals surface area contributed by atoms with E-state index in [1.165, 1.54) is 31.4 Å². The Kier molecular flexibility index (Phi) is 5.81. The van der Waals surface area contributed by atoms with Crippen LogP contribution in [-0.4, -0.2) is 11.2 Å². The van der Waals surface area contributed by atoms with Gasteiger partial charge in [0.2, 0.25) is 0 Å². The summed E-state index contributed by atoms with van der Waals surface area (Å²) < 4.78 is 18.9. The molecule has 3 heteroatoms. The van der Waals surface area contributed by atoms with Crippen LogP contribution in [0.3, 0.4) is 0 Å². The Balaban J connectivity index is 2.37. The largest absolute Gasteiger partial charge is 0.508 e. The number of phenols is 1. The highest BCUT2D eigenvalue weighted by Gasteiger charge is 2.08. The van der Waals surface area contributed by atoms with E-state index in [1.807, 2.05) is 6.92 Å². The SMILES string of the molecule is CCCCCC[C@@H](C)Oc1ccc(O)cc1F. The van der Waals surface area contributed by atoms with Gasteiger partial charge in [0.1, 0.15) is 5.75 Å². The molecule has 1 rings (SSSR count). The van der Waals surface area contributed by atoms with Gasteiger partial charge in [-0.1, -0.05) is 26.2 Å². The van der Waals surface area contributed by atoms with Crippen LogP contribution in [0.2, 0.25) is 0 Å². The summed E-state index contributed by atoms with van der Waals surface area (Å²) in [4.78, 5) is 0. The Morgan fingerprint density at radius 2 is 2.06 bits per heavy atom. The number of phenolic OH excluding ortho intramolecular Hbond substituents is 1. The molecular formula is C14H21FO2. The molecule has 17 heavy (non-hydrogen) atoms. The molecule has 0 aromatic heterocycles. The van der Waals surface area contributed by atoms with Gasteiger partial charge in [-0.05, 0) is 31.9 Å². The van der Waals surface area contributed by atoms with Crippen molar-refractivity contribution in [2.75, 3.05) is 0 Å². The zero-order valence-corrected chi connectivity index (χ0v) is 10.6. The van der Waals surface area contributed by atoms with Gasteiger partial charge in [-0.15, -0.1) is 0 Å². The summed E-state index contributed by atoms with van der Waals surface area (Å²) in [5, 5.41) is 9.08. The predicted octanol–water partition coefficient (Wildman–Crippen LogP) is 4.27. The molecule has 0 saturated heterocycles. The van der Waals surface area contributed by atoms with Gasteiger partial charge in [0.05, 0.1) is 6.10 Å². The second kappa shape index (κ2) is 7.15. The lowest BCUT2D eigenvalue weighted by Gasteiger charge is -2.15. The lowest BCUT2D eigenvalue weighted by molar-refractivity contribution is 0.197. The fourth-order valence-corrected chi connectivity index (χ4v) is 1.72. The van der Waals surface area contributed by atoms with Gasteiger partial charge in [0.15, 0.2) is 11.6 Å². The zero-order chi connectivity index (χ0) is 12.7. The predicted molar refractivity (Wildman–Crippen MR) is 66.9 cm³/mol. The van der Waals surface area contributed by atoms with Crippen LogP contribution in [0, 0.1) is 5.82 Å². The first-order chi connectivity index (χ1) is 8.13. The van der Waals surface area contributed by atoms with Crippen LogP contribution in [0.15, 0.2) is 18.2 Å². The van der Waals surface area contributed by atoms with E-state index in [0.717, 1.165) is 18.9 Å². The van der Waals surface area contributed by atoms with Gasteiger partial charge < -0.3 is 9.84 Å². The number of ether oxygens (including phenoxy) is 1. The van der Waals surface area contributed by atoms with Gasteiger partial charge >= 0.3 is 0 Å². The molecule has 0 amide bonds. The Hall–Kier alpha value is -1.25. The van der Waals surface area contributed by atoms with Crippen molar-refractivity contribution in [2.24, 2.45) is 0 Å². The van der Waals surface area contributed by atoms with E-state index in [4.69, 9.17) is 9.84 Å². The first kappa shape index (κ1) is 13.8. The summed E-state index contributed by atoms with van der Waals surface area (Å²) in [7, 11) is 0. The molecule has 0 aliphatic heterocycles. The van der Waals surface area contributed by atoms with E-state index in [2.05, 4.69) is 6.92 Å². The minimum atomic E-state index is -0.509. The minimum absolute atomic E-state index is 0.00546. The Labute approximate surface area is 102 Å². The second-order valence-electron chi connectivity index (χ2n) is 4.39. The normalized spacial score (nSPS) is 12.4. The van der Waals surface area contributed by atoms with E-state index in [0.29, 0.717) is 0 Å². The van der Waals surface area contributed by atoms with Crippen molar-refractivity contribution in [1.29, 1.82) is 0 Å². The topological polar surface area (TPSA) is 29.5 Å². The summed E-state index contributed by atoms with van der Waals surface area (Å²) in [6, 6.07) is 3.97. The monoisotopic (exact) mass is 240 g/mol. The summed E-state index contributed by atoms with van der Waals surface area (Å²) >= 11 is 0. The van der Waals surface area contributed by atoms with Gasteiger partial charge in [-0.2, -0.15) is 0 Å². The van der Waals surface area contributed by atoms with Crippen LogP contribution in [0.1, 0.15) is 46.0 Å². The maximum atomic E-state index is 13.4. The Bertz CT molecular complexity index is 339. The number of benzene rings is 1. The molecule has 0 spiro atoms. The third-order valence-electron chi connectivity index (χ3n) is 2.71. The lowest BCUT2D eigenvalue weighted by Crippen LogP contribution is -2.12. The van der Waals surface area contributed by atoms with Crippen molar-refractivity contribution in [3.05, 3.63) is 24.0 Å². The van der Waals surface area contributed by atoms with Crippen LogP contribution in [0.5, 0.6) is 11.5 Å². The quantitative estimate of drug-likeness (QED) is 0.721. The molecule has 0 aliphatic carbocycles. The summed E-state index contributed by atoms with van der Waals surface area (Å²) in [5.41, 5.74) is 0. The average Bonchev–Trinajstić information content (AvgIpc) is 2.28. The third-order valence-corrected chi connectivity index (χ3v) is 2.71. The van der Waals surface area contributed by atoms with Crippen molar-refractivity contribution in [1.82, 2.24) is 0 Å². The molecule has 1 aromatic rings. The maximum absolute atomic E-state index is 13.4. The fourth-order valence-electron chi connectivity index (χ4n) is 1.72.